The molecule has 0 aliphatic heterocycles. The molecule has 2 aromatic carbocycles. The second-order valence-electron chi connectivity index (χ2n) is 5.98. The number of amides is 1. The zero-order chi connectivity index (χ0) is 20.5. The zero-order valence-electron chi connectivity index (χ0n) is 14.5. The SMILES string of the molecule is CS(=O)(=O)c1ccc(Cl)c(C(=O)N(Cc2cccs2)c2ccc(F)cc2F)c1. The number of halogens is 3. The smallest absolute Gasteiger partial charge is 0.260 e. The van der Waals surface area contributed by atoms with Crippen LogP contribution in [0.2, 0.25) is 5.02 Å². The van der Waals surface area contributed by atoms with Gasteiger partial charge < -0.3 is 4.90 Å². The Hall–Kier alpha value is -2.29. The summed E-state index contributed by atoms with van der Waals surface area (Å²) in [6, 6.07) is 10.2. The summed E-state index contributed by atoms with van der Waals surface area (Å²) in [6.07, 6.45) is 1.01. The van der Waals surface area contributed by atoms with Crippen molar-refractivity contribution in [3.05, 3.63) is 81.0 Å². The minimum absolute atomic E-state index is 0.0124. The Kier molecular flexibility index (Phi) is 5.83. The fourth-order valence-corrected chi connectivity index (χ4v) is 4.11. The maximum absolute atomic E-state index is 14.4. The van der Waals surface area contributed by atoms with E-state index in [9.17, 15) is 22.0 Å². The average molecular weight is 442 g/mol. The summed E-state index contributed by atoms with van der Waals surface area (Å²) < 4.78 is 51.4. The molecule has 4 nitrogen and oxygen atoms in total. The summed E-state index contributed by atoms with van der Waals surface area (Å²) in [4.78, 5) is 15.0. The number of anilines is 1. The van der Waals surface area contributed by atoms with Gasteiger partial charge in [0, 0.05) is 17.2 Å². The third-order valence-corrected chi connectivity index (χ3v) is 6.24. The number of hydrogen-bond donors (Lipinski definition) is 0. The molecule has 0 spiro atoms. The van der Waals surface area contributed by atoms with Crippen molar-refractivity contribution in [1.82, 2.24) is 0 Å². The molecule has 28 heavy (non-hydrogen) atoms. The van der Waals surface area contributed by atoms with Crippen molar-refractivity contribution in [3.8, 4) is 0 Å². The highest BCUT2D eigenvalue weighted by molar-refractivity contribution is 7.90. The van der Waals surface area contributed by atoms with Crippen LogP contribution < -0.4 is 4.90 Å². The second-order valence-corrected chi connectivity index (χ2v) is 9.44. The molecule has 3 rings (SSSR count). The third kappa shape index (κ3) is 4.40. The van der Waals surface area contributed by atoms with Crippen LogP contribution in [0.4, 0.5) is 14.5 Å². The maximum Gasteiger partial charge on any atom is 0.260 e. The van der Waals surface area contributed by atoms with Gasteiger partial charge in [-0.3, -0.25) is 4.79 Å². The number of thiophene rings is 1. The third-order valence-electron chi connectivity index (χ3n) is 3.94. The molecule has 146 valence electrons. The van der Waals surface area contributed by atoms with E-state index in [4.69, 9.17) is 11.6 Å². The lowest BCUT2D eigenvalue weighted by molar-refractivity contribution is 0.0984. The van der Waals surface area contributed by atoms with Crippen LogP contribution >= 0.6 is 22.9 Å². The second kappa shape index (κ2) is 7.98. The minimum Gasteiger partial charge on any atom is -0.300 e. The maximum atomic E-state index is 14.4. The molecule has 0 saturated heterocycles. The van der Waals surface area contributed by atoms with Gasteiger partial charge in [-0.2, -0.15) is 0 Å². The van der Waals surface area contributed by atoms with Gasteiger partial charge in [0.05, 0.1) is 27.7 Å². The predicted octanol–water partition coefficient (Wildman–Crippen LogP) is 4.93. The molecule has 1 amide bonds. The first kappa shape index (κ1) is 20.4. The Morgan fingerprint density at radius 3 is 2.50 bits per heavy atom. The van der Waals surface area contributed by atoms with E-state index < -0.39 is 27.4 Å². The van der Waals surface area contributed by atoms with Crippen LogP contribution in [0.25, 0.3) is 0 Å². The minimum atomic E-state index is -3.58. The van der Waals surface area contributed by atoms with Crippen molar-refractivity contribution in [2.45, 2.75) is 11.4 Å². The summed E-state index contributed by atoms with van der Waals surface area (Å²) >= 11 is 7.49. The van der Waals surface area contributed by atoms with Gasteiger partial charge in [-0.25, -0.2) is 17.2 Å². The Bertz CT molecular complexity index is 1130. The number of benzene rings is 2. The molecule has 0 saturated carbocycles. The molecule has 0 bridgehead atoms. The fourth-order valence-electron chi connectivity index (χ4n) is 2.57. The lowest BCUT2D eigenvalue weighted by Gasteiger charge is -2.23. The van der Waals surface area contributed by atoms with Gasteiger partial charge in [0.15, 0.2) is 9.84 Å². The van der Waals surface area contributed by atoms with Crippen molar-refractivity contribution in [2.75, 3.05) is 11.2 Å². The number of sulfone groups is 1. The lowest BCUT2D eigenvalue weighted by atomic mass is 10.1. The molecule has 0 unspecified atom stereocenters. The summed E-state index contributed by atoms with van der Waals surface area (Å²) in [7, 11) is -3.58. The number of rotatable bonds is 5. The van der Waals surface area contributed by atoms with Gasteiger partial charge in [0.25, 0.3) is 5.91 Å². The normalized spacial score (nSPS) is 11.4. The molecule has 0 aliphatic rings. The van der Waals surface area contributed by atoms with Crippen LogP contribution in [-0.2, 0) is 16.4 Å². The summed E-state index contributed by atoms with van der Waals surface area (Å²) in [5.74, 6) is -2.39. The van der Waals surface area contributed by atoms with Gasteiger partial charge in [-0.15, -0.1) is 11.3 Å². The van der Waals surface area contributed by atoms with Gasteiger partial charge in [0.2, 0.25) is 0 Å². The number of carbonyl (C=O) groups is 1. The van der Waals surface area contributed by atoms with E-state index in [1.54, 1.807) is 17.5 Å². The van der Waals surface area contributed by atoms with Crippen LogP contribution in [0.15, 0.2) is 58.8 Å². The van der Waals surface area contributed by atoms with E-state index >= 15 is 0 Å². The Balaban J connectivity index is 2.11. The first-order valence-corrected chi connectivity index (χ1v) is 11.1. The van der Waals surface area contributed by atoms with Gasteiger partial charge >= 0.3 is 0 Å². The van der Waals surface area contributed by atoms with Crippen LogP contribution in [0, 0.1) is 11.6 Å². The molecule has 1 heterocycles. The molecule has 9 heteroatoms. The van der Waals surface area contributed by atoms with E-state index in [0.29, 0.717) is 6.07 Å². The molecular weight excluding hydrogens is 428 g/mol. The van der Waals surface area contributed by atoms with E-state index in [1.807, 2.05) is 0 Å². The van der Waals surface area contributed by atoms with Crippen molar-refractivity contribution in [2.24, 2.45) is 0 Å². The van der Waals surface area contributed by atoms with Crippen molar-refractivity contribution in [1.29, 1.82) is 0 Å². The topological polar surface area (TPSA) is 54.5 Å². The Morgan fingerprint density at radius 2 is 1.89 bits per heavy atom. The summed E-state index contributed by atoms with van der Waals surface area (Å²) in [5.41, 5.74) is -0.231. The molecular formula is C19H14ClF2NO3S2. The number of hydrogen-bond acceptors (Lipinski definition) is 4. The quantitative estimate of drug-likeness (QED) is 0.564. The number of nitrogens with zero attached hydrogens (tertiary/aromatic N) is 1. The molecule has 0 radical (unpaired) electrons. The summed E-state index contributed by atoms with van der Waals surface area (Å²) in [6.45, 7) is 0.0124. The van der Waals surface area contributed by atoms with Crippen LogP contribution in [0.1, 0.15) is 15.2 Å². The first-order valence-electron chi connectivity index (χ1n) is 7.96. The van der Waals surface area contributed by atoms with E-state index in [-0.39, 0.29) is 27.7 Å². The number of carbonyl (C=O) groups excluding carboxylic acids is 1. The summed E-state index contributed by atoms with van der Waals surface area (Å²) in [5, 5.41) is 1.83. The molecule has 3 aromatic rings. The van der Waals surface area contributed by atoms with E-state index in [1.165, 1.54) is 23.5 Å². The van der Waals surface area contributed by atoms with Crippen LogP contribution in [0.5, 0.6) is 0 Å². The van der Waals surface area contributed by atoms with Gasteiger partial charge in [-0.05, 0) is 41.8 Å². The molecule has 1 aromatic heterocycles. The Labute approximate surface area is 169 Å². The van der Waals surface area contributed by atoms with Gasteiger partial charge in [0.1, 0.15) is 11.6 Å². The van der Waals surface area contributed by atoms with Crippen molar-refractivity contribution < 1.29 is 22.0 Å². The fraction of sp³-hybridized carbons (Fsp3) is 0.105. The van der Waals surface area contributed by atoms with Crippen molar-refractivity contribution in [3.63, 3.8) is 0 Å². The van der Waals surface area contributed by atoms with Crippen LogP contribution in [-0.4, -0.2) is 20.6 Å². The lowest BCUT2D eigenvalue weighted by Crippen LogP contribution is -2.31. The molecule has 0 aliphatic carbocycles. The Morgan fingerprint density at radius 1 is 1.14 bits per heavy atom. The largest absolute Gasteiger partial charge is 0.300 e. The van der Waals surface area contributed by atoms with Crippen molar-refractivity contribution >= 4 is 44.4 Å². The monoisotopic (exact) mass is 441 g/mol. The van der Waals surface area contributed by atoms with Gasteiger partial charge in [-0.1, -0.05) is 17.7 Å². The van der Waals surface area contributed by atoms with E-state index in [0.717, 1.165) is 34.2 Å². The zero-order valence-corrected chi connectivity index (χ0v) is 16.9. The highest BCUT2D eigenvalue weighted by Gasteiger charge is 2.25. The van der Waals surface area contributed by atoms with Crippen LogP contribution in [0.3, 0.4) is 0 Å². The highest BCUT2D eigenvalue weighted by Crippen LogP contribution is 2.29. The molecule has 0 N–H and O–H groups in total. The molecule has 0 fully saturated rings. The molecule has 0 atom stereocenters. The standard InChI is InChI=1S/C19H14ClF2NO3S2/c1-28(25,26)14-5-6-16(20)15(10-14)19(24)23(11-13-3-2-8-27-13)18-7-4-12(21)9-17(18)22/h2-10H,11H2,1H3. The first-order chi connectivity index (χ1) is 13.2. The average Bonchev–Trinajstić information content (AvgIpc) is 3.12. The highest BCUT2D eigenvalue weighted by atomic mass is 35.5. The van der Waals surface area contributed by atoms with E-state index in [2.05, 4.69) is 0 Å². The predicted molar refractivity (Wildman–Crippen MR) is 106 cm³/mol.